The van der Waals surface area contributed by atoms with Gasteiger partial charge in [0, 0.05) is 6.42 Å². The summed E-state index contributed by atoms with van der Waals surface area (Å²) in [7, 11) is 0. The van der Waals surface area contributed by atoms with Crippen LogP contribution in [0.2, 0.25) is 0 Å². The Bertz CT molecular complexity index is 1320. The minimum Gasteiger partial charge on any atom is -0.343 e. The first-order valence-corrected chi connectivity index (χ1v) is 10.6. The third kappa shape index (κ3) is 3.69. The van der Waals surface area contributed by atoms with Crippen molar-refractivity contribution in [3.63, 3.8) is 0 Å². The highest BCUT2D eigenvalue weighted by atomic mass is 32.1. The molecule has 2 N–H and O–H groups in total. The van der Waals surface area contributed by atoms with Crippen molar-refractivity contribution in [1.82, 2.24) is 20.1 Å². The standard InChI is InChI=1S/C13H15N3OS2.C8H3NO2/c1-2-6-10(17)14-11(9-7-4-3-5-8-9)12-15-16-13(18)19-12;10-7-5-2-1-4-3-6(5)8(11)9(4)7/h3-5,7-8,11H,2,6H2,1H3,(H,14,17)(H,16,18);1-3H. The average Bonchev–Trinajstić information content (AvgIpc) is 3.36. The summed E-state index contributed by atoms with van der Waals surface area (Å²) >= 11 is 6.44. The molecular formula is C21H18N4O3S2. The number of carbonyl (C=O) groups is 2. The number of carbonyl (C=O) groups excluding carboxylic acids is 2. The number of hydrogen-bond donors (Lipinski definition) is 2. The molecule has 0 saturated heterocycles. The van der Waals surface area contributed by atoms with Gasteiger partial charge >= 0.3 is 0 Å². The lowest BCUT2D eigenvalue weighted by Gasteiger charge is -2.16. The monoisotopic (exact) mass is 438 g/mol. The van der Waals surface area contributed by atoms with Crippen LogP contribution in [0.25, 0.3) is 10.9 Å². The molecule has 9 heteroatoms. The quantitative estimate of drug-likeness (QED) is 0.408. The van der Waals surface area contributed by atoms with E-state index in [0.29, 0.717) is 26.8 Å². The van der Waals surface area contributed by atoms with E-state index >= 15 is 0 Å². The number of aromatic nitrogens is 3. The molecule has 0 saturated carbocycles. The molecule has 2 aliphatic heterocycles. The minimum absolute atomic E-state index is 0.0254. The second-order valence-electron chi connectivity index (χ2n) is 6.79. The van der Waals surface area contributed by atoms with Crippen molar-refractivity contribution in [1.29, 1.82) is 0 Å². The van der Waals surface area contributed by atoms with Crippen molar-refractivity contribution in [2.45, 2.75) is 25.8 Å². The Kier molecular flexibility index (Phi) is 5.56. The molecule has 2 aromatic heterocycles. The Hall–Kier alpha value is -3.17. The molecule has 0 aliphatic carbocycles. The number of pyridine rings is 2. The van der Waals surface area contributed by atoms with Gasteiger partial charge in [-0.15, -0.1) is 0 Å². The molecule has 1 amide bonds. The largest absolute Gasteiger partial charge is 0.343 e. The predicted octanol–water partition coefficient (Wildman–Crippen LogP) is 3.65. The average molecular weight is 439 g/mol. The second-order valence-corrected chi connectivity index (χ2v) is 8.49. The van der Waals surface area contributed by atoms with E-state index in [1.165, 1.54) is 15.9 Å². The molecule has 4 heterocycles. The maximum absolute atomic E-state index is 11.8. The number of hydrogen-bond acceptors (Lipinski definition) is 6. The number of aromatic amines is 1. The highest BCUT2D eigenvalue weighted by Gasteiger charge is 2.27. The van der Waals surface area contributed by atoms with Gasteiger partial charge in [0.1, 0.15) is 11.0 Å². The van der Waals surface area contributed by atoms with E-state index in [4.69, 9.17) is 12.2 Å². The van der Waals surface area contributed by atoms with Crippen molar-refractivity contribution in [3.8, 4) is 0 Å². The molecule has 0 radical (unpaired) electrons. The SMILES string of the molecule is CCCC(=O)NC(c1ccccc1)c1n[nH]c(=S)s1.O=C1c2cc3ccc2c(=O)n31. The van der Waals surface area contributed by atoms with Gasteiger partial charge in [0.25, 0.3) is 11.5 Å². The molecule has 0 spiro atoms. The van der Waals surface area contributed by atoms with Crippen LogP contribution in [0.15, 0.2) is 53.3 Å². The fourth-order valence-corrected chi connectivity index (χ4v) is 4.35. The summed E-state index contributed by atoms with van der Waals surface area (Å²) in [5.74, 6) is -0.137. The van der Waals surface area contributed by atoms with E-state index < -0.39 is 0 Å². The first-order valence-electron chi connectivity index (χ1n) is 9.42. The molecule has 30 heavy (non-hydrogen) atoms. The Labute approximate surface area is 180 Å². The molecule has 4 bridgehead atoms. The highest BCUT2D eigenvalue weighted by Crippen LogP contribution is 2.24. The number of benzene rings is 2. The third-order valence-corrected chi connectivity index (χ3v) is 5.90. The second kappa shape index (κ2) is 8.29. The van der Waals surface area contributed by atoms with Crippen molar-refractivity contribution in [3.05, 3.63) is 79.0 Å². The van der Waals surface area contributed by atoms with Crippen LogP contribution >= 0.6 is 23.6 Å². The number of rotatable bonds is 5. The highest BCUT2D eigenvalue weighted by molar-refractivity contribution is 7.73. The van der Waals surface area contributed by atoms with E-state index in [0.717, 1.165) is 17.0 Å². The number of nitrogens with one attached hydrogen (secondary N) is 2. The first-order chi connectivity index (χ1) is 14.5. The molecular weight excluding hydrogens is 420 g/mol. The van der Waals surface area contributed by atoms with Gasteiger partial charge in [-0.3, -0.25) is 19.5 Å². The van der Waals surface area contributed by atoms with Gasteiger partial charge < -0.3 is 5.32 Å². The molecule has 6 rings (SSSR count). The lowest BCUT2D eigenvalue weighted by Crippen LogP contribution is -2.28. The lowest BCUT2D eigenvalue weighted by molar-refractivity contribution is -0.121. The van der Waals surface area contributed by atoms with Gasteiger partial charge in [0.05, 0.1) is 16.5 Å². The zero-order valence-electron chi connectivity index (χ0n) is 16.0. The van der Waals surface area contributed by atoms with Crippen molar-refractivity contribution in [2.24, 2.45) is 0 Å². The Morgan fingerprint density at radius 1 is 1.23 bits per heavy atom. The molecule has 0 fully saturated rings. The van der Waals surface area contributed by atoms with Crippen LogP contribution in [0.1, 0.15) is 46.7 Å². The van der Waals surface area contributed by atoms with E-state index in [-0.39, 0.29) is 23.4 Å². The fourth-order valence-electron chi connectivity index (χ4n) is 3.36. The summed E-state index contributed by atoms with van der Waals surface area (Å²) in [4.78, 5) is 34.2. The van der Waals surface area contributed by atoms with Gasteiger partial charge in [-0.05, 0) is 42.4 Å². The van der Waals surface area contributed by atoms with Gasteiger partial charge in [0.2, 0.25) is 5.91 Å². The van der Waals surface area contributed by atoms with Crippen LogP contribution in [0, 0.1) is 3.95 Å². The van der Waals surface area contributed by atoms with Crippen molar-refractivity contribution in [2.75, 3.05) is 0 Å². The minimum atomic E-state index is -0.238. The van der Waals surface area contributed by atoms with E-state index in [1.54, 1.807) is 18.2 Å². The van der Waals surface area contributed by atoms with Crippen LogP contribution < -0.4 is 10.9 Å². The topological polar surface area (TPSA) is 96.8 Å². The maximum atomic E-state index is 11.8. The summed E-state index contributed by atoms with van der Waals surface area (Å²) in [6, 6.07) is 14.8. The molecule has 7 nitrogen and oxygen atoms in total. The first kappa shape index (κ1) is 20.1. The van der Waals surface area contributed by atoms with Gasteiger partial charge in [-0.2, -0.15) is 5.10 Å². The van der Waals surface area contributed by atoms with Crippen LogP contribution in [-0.2, 0) is 4.79 Å². The third-order valence-electron chi connectivity index (χ3n) is 4.75. The van der Waals surface area contributed by atoms with Crippen LogP contribution in [0.3, 0.4) is 0 Å². The zero-order valence-corrected chi connectivity index (χ0v) is 17.7. The summed E-state index contributed by atoms with van der Waals surface area (Å²) in [6.07, 6.45) is 1.34. The smallest absolute Gasteiger partial charge is 0.266 e. The number of fused-ring (bicyclic) bond motifs is 1. The van der Waals surface area contributed by atoms with E-state index in [9.17, 15) is 14.4 Å². The normalized spacial score (nSPS) is 12.8. The van der Waals surface area contributed by atoms with Crippen molar-refractivity contribution < 1.29 is 9.59 Å². The predicted molar refractivity (Wildman–Crippen MR) is 118 cm³/mol. The summed E-state index contributed by atoms with van der Waals surface area (Å²) in [5, 5.41) is 11.3. The van der Waals surface area contributed by atoms with Crippen LogP contribution in [-0.4, -0.2) is 26.6 Å². The molecule has 2 aromatic carbocycles. The number of nitrogens with zero attached hydrogens (tertiary/aromatic N) is 2. The van der Waals surface area contributed by atoms with Crippen LogP contribution in [0.5, 0.6) is 0 Å². The number of amides is 1. The van der Waals surface area contributed by atoms with Crippen molar-refractivity contribution >= 4 is 46.3 Å². The van der Waals surface area contributed by atoms with Gasteiger partial charge in [-0.25, -0.2) is 4.57 Å². The lowest BCUT2D eigenvalue weighted by atomic mass is 10.1. The molecule has 1 unspecified atom stereocenters. The van der Waals surface area contributed by atoms with E-state index in [2.05, 4.69) is 15.5 Å². The summed E-state index contributed by atoms with van der Waals surface area (Å²) in [6.45, 7) is 1.98. The zero-order chi connectivity index (χ0) is 21.3. The summed E-state index contributed by atoms with van der Waals surface area (Å²) in [5.41, 5.74) is 2.12. The number of H-pyrrole nitrogens is 1. The van der Waals surface area contributed by atoms with E-state index in [1.807, 2.05) is 37.3 Å². The Morgan fingerprint density at radius 2 is 2.00 bits per heavy atom. The Morgan fingerprint density at radius 3 is 2.53 bits per heavy atom. The van der Waals surface area contributed by atoms with Crippen LogP contribution in [0.4, 0.5) is 0 Å². The maximum Gasteiger partial charge on any atom is 0.266 e. The molecule has 152 valence electrons. The van der Waals surface area contributed by atoms with Gasteiger partial charge in [-0.1, -0.05) is 48.6 Å². The van der Waals surface area contributed by atoms with Gasteiger partial charge in [0.15, 0.2) is 3.95 Å². The molecule has 1 atom stereocenters. The summed E-state index contributed by atoms with van der Waals surface area (Å²) < 4.78 is 1.82. The molecule has 4 aromatic rings. The molecule has 2 aliphatic rings. The fraction of sp³-hybridized carbons (Fsp3) is 0.190. The Balaban J connectivity index is 0.000000165.